The molecule has 0 bridgehead atoms. The van der Waals surface area contributed by atoms with Gasteiger partial charge in [0.05, 0.1) is 0 Å². The molecule has 6 heteroatoms. The van der Waals surface area contributed by atoms with Crippen molar-refractivity contribution in [2.75, 3.05) is 36.0 Å². The normalized spacial score (nSPS) is 14.9. The zero-order chi connectivity index (χ0) is 17.8. The van der Waals surface area contributed by atoms with E-state index < -0.39 is 0 Å². The third-order valence-corrected chi connectivity index (χ3v) is 4.80. The Labute approximate surface area is 153 Å². The molecular weight excluding hydrogens is 336 g/mol. The molecule has 1 aromatic carbocycles. The van der Waals surface area contributed by atoms with Crippen molar-refractivity contribution in [3.05, 3.63) is 46.7 Å². The maximum atomic E-state index is 11.0. The van der Waals surface area contributed by atoms with Crippen LogP contribution in [0.4, 0.5) is 11.6 Å². The van der Waals surface area contributed by atoms with Gasteiger partial charge in [-0.2, -0.15) is 0 Å². The number of anilines is 2. The summed E-state index contributed by atoms with van der Waals surface area (Å²) in [7, 11) is 0. The van der Waals surface area contributed by atoms with Crippen LogP contribution in [0.1, 0.15) is 30.9 Å². The fraction of sp³-hybridized carbons (Fsp3) is 0.421. The Bertz CT molecular complexity index is 742. The molecule has 3 rings (SSSR count). The van der Waals surface area contributed by atoms with Crippen molar-refractivity contribution in [1.82, 2.24) is 9.97 Å². The fourth-order valence-corrected chi connectivity index (χ4v) is 3.26. The van der Waals surface area contributed by atoms with Gasteiger partial charge in [0.15, 0.2) is 0 Å². The summed E-state index contributed by atoms with van der Waals surface area (Å²) in [5.41, 5.74) is 3.56. The number of piperazine rings is 1. The maximum Gasteiger partial charge on any atom is 0.226 e. The van der Waals surface area contributed by atoms with Crippen LogP contribution in [0.25, 0.3) is 0 Å². The molecule has 0 aliphatic carbocycles. The van der Waals surface area contributed by atoms with E-state index in [-0.39, 0.29) is 0 Å². The van der Waals surface area contributed by atoms with Crippen LogP contribution in [0.15, 0.2) is 30.5 Å². The SMILES string of the molecule is CC(C)c1ccc(CC=O)c(N2CCN(c3nccc(Cl)n3)CC2)c1. The van der Waals surface area contributed by atoms with E-state index in [0.29, 0.717) is 23.4 Å². The molecule has 132 valence electrons. The second-order valence-corrected chi connectivity index (χ2v) is 6.95. The molecule has 2 aromatic rings. The van der Waals surface area contributed by atoms with Crippen molar-refractivity contribution < 1.29 is 4.79 Å². The van der Waals surface area contributed by atoms with E-state index in [1.807, 2.05) is 0 Å². The first-order valence-electron chi connectivity index (χ1n) is 8.63. The number of aromatic nitrogens is 2. The molecule has 0 atom stereocenters. The standard InChI is InChI=1S/C19H23ClN4O/c1-14(2)16-4-3-15(6-12-25)17(13-16)23-8-10-24(11-9-23)19-21-7-5-18(20)22-19/h3-5,7,12-14H,6,8-11H2,1-2H3. The minimum absolute atomic E-state index is 0.450. The predicted molar refractivity (Wildman–Crippen MR) is 102 cm³/mol. The number of halogens is 1. The van der Waals surface area contributed by atoms with E-state index in [0.717, 1.165) is 38.0 Å². The Kier molecular flexibility index (Phi) is 5.53. The van der Waals surface area contributed by atoms with E-state index in [4.69, 9.17) is 11.6 Å². The molecule has 5 nitrogen and oxygen atoms in total. The monoisotopic (exact) mass is 358 g/mol. The van der Waals surface area contributed by atoms with Gasteiger partial charge in [-0.15, -0.1) is 0 Å². The van der Waals surface area contributed by atoms with Crippen LogP contribution in [0.2, 0.25) is 5.15 Å². The molecule has 1 saturated heterocycles. The van der Waals surface area contributed by atoms with Gasteiger partial charge < -0.3 is 14.6 Å². The summed E-state index contributed by atoms with van der Waals surface area (Å²) in [6, 6.07) is 8.13. The van der Waals surface area contributed by atoms with Crippen LogP contribution in [-0.2, 0) is 11.2 Å². The van der Waals surface area contributed by atoms with Crippen molar-refractivity contribution in [2.24, 2.45) is 0 Å². The largest absolute Gasteiger partial charge is 0.368 e. The van der Waals surface area contributed by atoms with Crippen LogP contribution in [-0.4, -0.2) is 42.4 Å². The van der Waals surface area contributed by atoms with Gasteiger partial charge in [-0.05, 0) is 29.2 Å². The quantitative estimate of drug-likeness (QED) is 0.606. The minimum atomic E-state index is 0.450. The van der Waals surface area contributed by atoms with Crippen molar-refractivity contribution >= 4 is 29.5 Å². The molecule has 0 radical (unpaired) electrons. The number of benzene rings is 1. The molecule has 1 aliphatic heterocycles. The van der Waals surface area contributed by atoms with Gasteiger partial charge >= 0.3 is 0 Å². The summed E-state index contributed by atoms with van der Waals surface area (Å²) in [6.07, 6.45) is 3.11. The number of carbonyl (C=O) groups excluding carboxylic acids is 1. The highest BCUT2D eigenvalue weighted by atomic mass is 35.5. The Hall–Kier alpha value is -2.14. The van der Waals surface area contributed by atoms with E-state index in [1.54, 1.807) is 12.3 Å². The molecule has 1 fully saturated rings. The van der Waals surface area contributed by atoms with Crippen molar-refractivity contribution in [3.8, 4) is 0 Å². The molecule has 0 saturated carbocycles. The number of nitrogens with zero attached hydrogens (tertiary/aromatic N) is 4. The summed E-state index contributed by atoms with van der Waals surface area (Å²) in [6.45, 7) is 7.76. The van der Waals surface area contributed by atoms with E-state index in [2.05, 4.69) is 51.8 Å². The van der Waals surface area contributed by atoms with Gasteiger partial charge in [0.25, 0.3) is 0 Å². The van der Waals surface area contributed by atoms with Gasteiger partial charge in [-0.25, -0.2) is 9.97 Å². The molecule has 1 aromatic heterocycles. The molecule has 1 aliphatic rings. The summed E-state index contributed by atoms with van der Waals surface area (Å²) in [5.74, 6) is 1.14. The van der Waals surface area contributed by atoms with Gasteiger partial charge in [-0.1, -0.05) is 37.6 Å². The first-order chi connectivity index (χ1) is 12.1. The fourth-order valence-electron chi connectivity index (χ4n) is 3.12. The Morgan fingerprint density at radius 2 is 1.88 bits per heavy atom. The van der Waals surface area contributed by atoms with Gasteiger partial charge in [0.2, 0.25) is 5.95 Å². The Balaban J connectivity index is 1.77. The van der Waals surface area contributed by atoms with Gasteiger partial charge in [0, 0.05) is 44.5 Å². The summed E-state index contributed by atoms with van der Waals surface area (Å²) in [4.78, 5) is 24.1. The number of aldehydes is 1. The highest BCUT2D eigenvalue weighted by molar-refractivity contribution is 6.29. The van der Waals surface area contributed by atoms with Crippen LogP contribution >= 0.6 is 11.6 Å². The highest BCUT2D eigenvalue weighted by Crippen LogP contribution is 2.28. The predicted octanol–water partition coefficient (Wildman–Crippen LogP) is 3.32. The molecule has 0 N–H and O–H groups in total. The lowest BCUT2D eigenvalue weighted by atomic mass is 9.98. The topological polar surface area (TPSA) is 49.3 Å². The molecule has 25 heavy (non-hydrogen) atoms. The summed E-state index contributed by atoms with van der Waals surface area (Å²) in [5, 5.41) is 0.463. The zero-order valence-corrected chi connectivity index (χ0v) is 15.4. The first-order valence-corrected chi connectivity index (χ1v) is 9.01. The van der Waals surface area contributed by atoms with Crippen molar-refractivity contribution in [3.63, 3.8) is 0 Å². The molecule has 0 unspecified atom stereocenters. The third-order valence-electron chi connectivity index (χ3n) is 4.59. The van der Waals surface area contributed by atoms with E-state index in [9.17, 15) is 4.79 Å². The third kappa shape index (κ3) is 4.10. The Morgan fingerprint density at radius 1 is 1.16 bits per heavy atom. The average molecular weight is 359 g/mol. The molecule has 2 heterocycles. The smallest absolute Gasteiger partial charge is 0.226 e. The van der Waals surface area contributed by atoms with Gasteiger partial charge in [-0.3, -0.25) is 0 Å². The lowest BCUT2D eigenvalue weighted by Crippen LogP contribution is -2.47. The number of hydrogen-bond donors (Lipinski definition) is 0. The number of hydrogen-bond acceptors (Lipinski definition) is 5. The zero-order valence-electron chi connectivity index (χ0n) is 14.7. The lowest BCUT2D eigenvalue weighted by molar-refractivity contribution is -0.107. The average Bonchev–Trinajstić information content (AvgIpc) is 2.62. The van der Waals surface area contributed by atoms with Gasteiger partial charge in [0.1, 0.15) is 11.4 Å². The highest BCUT2D eigenvalue weighted by Gasteiger charge is 2.21. The summed E-state index contributed by atoms with van der Waals surface area (Å²) >= 11 is 5.97. The van der Waals surface area contributed by atoms with Crippen LogP contribution < -0.4 is 9.80 Å². The van der Waals surface area contributed by atoms with Crippen LogP contribution in [0, 0.1) is 0 Å². The van der Waals surface area contributed by atoms with Crippen LogP contribution in [0.3, 0.4) is 0 Å². The maximum absolute atomic E-state index is 11.0. The Morgan fingerprint density at radius 3 is 2.52 bits per heavy atom. The molecule has 0 spiro atoms. The molecule has 0 amide bonds. The number of rotatable bonds is 5. The first kappa shape index (κ1) is 17.7. The number of carbonyl (C=O) groups is 1. The van der Waals surface area contributed by atoms with Crippen molar-refractivity contribution in [2.45, 2.75) is 26.2 Å². The second kappa shape index (κ2) is 7.83. The van der Waals surface area contributed by atoms with Crippen molar-refractivity contribution in [1.29, 1.82) is 0 Å². The minimum Gasteiger partial charge on any atom is -0.368 e. The summed E-state index contributed by atoms with van der Waals surface area (Å²) < 4.78 is 0. The van der Waals surface area contributed by atoms with Crippen LogP contribution in [0.5, 0.6) is 0 Å². The lowest BCUT2D eigenvalue weighted by Gasteiger charge is -2.37. The second-order valence-electron chi connectivity index (χ2n) is 6.57. The van der Waals surface area contributed by atoms with E-state index >= 15 is 0 Å². The van der Waals surface area contributed by atoms with E-state index in [1.165, 1.54) is 11.3 Å². The molecular formula is C19H23ClN4O.